The Balaban J connectivity index is 1.71. The van der Waals surface area contributed by atoms with Gasteiger partial charge in [0.2, 0.25) is 0 Å². The molecule has 3 heterocycles. The van der Waals surface area contributed by atoms with Gasteiger partial charge in [0.15, 0.2) is 0 Å². The first kappa shape index (κ1) is 12.8. The Hall–Kier alpha value is -1.88. The van der Waals surface area contributed by atoms with E-state index < -0.39 is 0 Å². The summed E-state index contributed by atoms with van der Waals surface area (Å²) in [5.74, 6) is 0.772. The van der Waals surface area contributed by atoms with E-state index in [1.165, 1.54) is 16.9 Å². The van der Waals surface area contributed by atoms with Gasteiger partial charge in [0, 0.05) is 17.3 Å². The van der Waals surface area contributed by atoms with Crippen LogP contribution in [-0.2, 0) is 12.8 Å². The minimum Gasteiger partial charge on any atom is -0.353 e. The van der Waals surface area contributed by atoms with Crippen molar-refractivity contribution in [2.45, 2.75) is 32.4 Å². The monoisotopic (exact) mass is 299 g/mol. The first-order valence-corrected chi connectivity index (χ1v) is 8.16. The number of carbonyl (C=O) groups is 1. The van der Waals surface area contributed by atoms with Crippen molar-refractivity contribution in [3.05, 3.63) is 46.1 Å². The molecule has 2 N–H and O–H groups in total. The van der Waals surface area contributed by atoms with Crippen molar-refractivity contribution in [3.63, 3.8) is 0 Å². The zero-order chi connectivity index (χ0) is 14.4. The number of nitrogens with one attached hydrogen (secondary N) is 2. The molecule has 2 aliphatic rings. The molecule has 108 valence electrons. The maximum absolute atomic E-state index is 12.5. The van der Waals surface area contributed by atoms with Crippen molar-refractivity contribution in [1.29, 1.82) is 0 Å². The van der Waals surface area contributed by atoms with E-state index in [9.17, 15) is 4.79 Å². The summed E-state index contributed by atoms with van der Waals surface area (Å²) in [6, 6.07) is 3.86. The fourth-order valence-corrected chi connectivity index (χ4v) is 4.62. The second-order valence-electron chi connectivity index (χ2n) is 5.89. The summed E-state index contributed by atoms with van der Waals surface area (Å²) >= 11 is 1.76. The van der Waals surface area contributed by atoms with Gasteiger partial charge in [-0.05, 0) is 48.4 Å². The number of pyridine rings is 1. The van der Waals surface area contributed by atoms with Crippen LogP contribution in [0.1, 0.15) is 45.9 Å². The van der Waals surface area contributed by atoms with Gasteiger partial charge < -0.3 is 10.6 Å². The van der Waals surface area contributed by atoms with Crippen LogP contribution in [-0.4, -0.2) is 10.9 Å². The number of hydrogen-bond acceptors (Lipinski definition) is 4. The number of amides is 1. The fraction of sp³-hybridized carbons (Fsp3) is 0.375. The van der Waals surface area contributed by atoms with Crippen LogP contribution in [0.4, 0.5) is 5.00 Å². The first-order valence-electron chi connectivity index (χ1n) is 7.34. The molecule has 0 saturated carbocycles. The third-order valence-electron chi connectivity index (χ3n) is 4.33. The van der Waals surface area contributed by atoms with Gasteiger partial charge in [-0.1, -0.05) is 6.92 Å². The zero-order valence-electron chi connectivity index (χ0n) is 11.8. The second kappa shape index (κ2) is 4.84. The smallest absolute Gasteiger partial charge is 0.256 e. The highest BCUT2D eigenvalue weighted by Crippen LogP contribution is 2.42. The van der Waals surface area contributed by atoms with Crippen LogP contribution in [0.25, 0.3) is 0 Å². The van der Waals surface area contributed by atoms with E-state index in [2.05, 4.69) is 22.5 Å². The van der Waals surface area contributed by atoms with Gasteiger partial charge in [-0.3, -0.25) is 9.78 Å². The topological polar surface area (TPSA) is 54.0 Å². The molecule has 0 spiro atoms. The van der Waals surface area contributed by atoms with Crippen LogP contribution < -0.4 is 10.6 Å². The molecule has 0 saturated heterocycles. The average molecular weight is 299 g/mol. The van der Waals surface area contributed by atoms with Gasteiger partial charge in [0.25, 0.3) is 5.91 Å². The lowest BCUT2D eigenvalue weighted by Crippen LogP contribution is -2.38. The molecule has 4 nitrogen and oxygen atoms in total. The Bertz CT molecular complexity index is 695. The zero-order valence-corrected chi connectivity index (χ0v) is 12.7. The number of nitrogens with zero attached hydrogens (tertiary/aromatic N) is 1. The van der Waals surface area contributed by atoms with Crippen molar-refractivity contribution < 1.29 is 4.79 Å². The molecule has 2 aromatic heterocycles. The minimum atomic E-state index is -0.162. The molecule has 5 heteroatoms. The number of hydrogen-bond donors (Lipinski definition) is 2. The van der Waals surface area contributed by atoms with Crippen LogP contribution in [0.5, 0.6) is 0 Å². The first-order chi connectivity index (χ1) is 10.2. The number of fused-ring (bicyclic) bond motifs is 3. The molecule has 21 heavy (non-hydrogen) atoms. The lowest BCUT2D eigenvalue weighted by atomic mass is 9.88. The number of thiophene rings is 1. The number of anilines is 1. The molecular formula is C16H17N3OS. The van der Waals surface area contributed by atoms with Gasteiger partial charge in [0.1, 0.15) is 11.2 Å². The van der Waals surface area contributed by atoms with Gasteiger partial charge >= 0.3 is 0 Å². The number of rotatable bonds is 1. The lowest BCUT2D eigenvalue weighted by molar-refractivity contribution is 0.0935. The van der Waals surface area contributed by atoms with Crippen molar-refractivity contribution in [2.75, 3.05) is 5.32 Å². The van der Waals surface area contributed by atoms with Crippen LogP contribution in [0, 0.1) is 5.92 Å². The van der Waals surface area contributed by atoms with E-state index in [4.69, 9.17) is 0 Å². The van der Waals surface area contributed by atoms with Gasteiger partial charge in [-0.15, -0.1) is 11.3 Å². The summed E-state index contributed by atoms with van der Waals surface area (Å²) < 4.78 is 0. The van der Waals surface area contributed by atoms with Crippen LogP contribution in [0.15, 0.2) is 24.5 Å². The third-order valence-corrected chi connectivity index (χ3v) is 5.51. The quantitative estimate of drug-likeness (QED) is 0.850. The maximum atomic E-state index is 12.5. The molecular weight excluding hydrogens is 282 g/mol. The molecule has 0 radical (unpaired) electrons. The Kier molecular flexibility index (Phi) is 2.96. The van der Waals surface area contributed by atoms with E-state index >= 15 is 0 Å². The summed E-state index contributed by atoms with van der Waals surface area (Å²) in [6.45, 7) is 2.29. The molecule has 1 aliphatic carbocycles. The third kappa shape index (κ3) is 2.12. The predicted octanol–water partition coefficient (Wildman–Crippen LogP) is 3.12. The largest absolute Gasteiger partial charge is 0.353 e. The molecule has 4 rings (SSSR count). The highest BCUT2D eigenvalue weighted by molar-refractivity contribution is 7.16. The van der Waals surface area contributed by atoms with Crippen molar-refractivity contribution in [2.24, 2.45) is 5.92 Å². The molecule has 2 atom stereocenters. The lowest BCUT2D eigenvalue weighted by Gasteiger charge is -2.26. The number of aromatic nitrogens is 1. The van der Waals surface area contributed by atoms with E-state index in [1.807, 2.05) is 12.1 Å². The van der Waals surface area contributed by atoms with E-state index in [0.29, 0.717) is 0 Å². The van der Waals surface area contributed by atoms with E-state index in [0.717, 1.165) is 34.9 Å². The normalized spacial score (nSPS) is 23.8. The maximum Gasteiger partial charge on any atom is 0.256 e. The molecule has 0 unspecified atom stereocenters. The summed E-state index contributed by atoms with van der Waals surface area (Å²) in [5.41, 5.74) is 3.18. The van der Waals surface area contributed by atoms with Gasteiger partial charge in [-0.25, -0.2) is 0 Å². The second-order valence-corrected chi connectivity index (χ2v) is 6.99. The van der Waals surface area contributed by atoms with Crippen LogP contribution >= 0.6 is 11.3 Å². The summed E-state index contributed by atoms with van der Waals surface area (Å²) in [4.78, 5) is 17.9. The van der Waals surface area contributed by atoms with Gasteiger partial charge in [-0.2, -0.15) is 0 Å². The Labute approximate surface area is 127 Å². The van der Waals surface area contributed by atoms with Crippen molar-refractivity contribution in [1.82, 2.24) is 10.3 Å². The molecule has 0 bridgehead atoms. The Morgan fingerprint density at radius 3 is 2.90 bits per heavy atom. The molecule has 0 aromatic carbocycles. The SMILES string of the molecule is C[C@H]1CCc2c(sc3c2C(=O)N[C@H](c2ccncc2)N3)C1. The van der Waals surface area contributed by atoms with E-state index in [1.54, 1.807) is 23.7 Å². The Morgan fingerprint density at radius 2 is 2.10 bits per heavy atom. The minimum absolute atomic E-state index is 0.0533. The number of carbonyl (C=O) groups excluding carboxylic acids is 1. The van der Waals surface area contributed by atoms with Gasteiger partial charge in [0.05, 0.1) is 5.56 Å². The predicted molar refractivity (Wildman–Crippen MR) is 83.6 cm³/mol. The fourth-order valence-electron chi connectivity index (χ4n) is 3.19. The molecule has 2 aromatic rings. The highest BCUT2D eigenvalue weighted by atomic mass is 32.1. The molecule has 0 fully saturated rings. The molecule has 1 amide bonds. The van der Waals surface area contributed by atoms with Crippen molar-refractivity contribution >= 4 is 22.2 Å². The standard InChI is InChI=1S/C16H17N3OS/c1-9-2-3-11-12(8-9)21-16-13(11)15(20)18-14(19-16)10-4-6-17-7-5-10/h4-7,9,14,19H,2-3,8H2,1H3,(H,18,20)/t9-,14-/m0/s1. The highest BCUT2D eigenvalue weighted by Gasteiger charge is 2.32. The Morgan fingerprint density at radius 1 is 1.29 bits per heavy atom. The van der Waals surface area contributed by atoms with Crippen molar-refractivity contribution in [3.8, 4) is 0 Å². The summed E-state index contributed by atoms with van der Waals surface area (Å²) in [6.07, 6.45) is 6.64. The average Bonchev–Trinajstić information content (AvgIpc) is 2.85. The van der Waals surface area contributed by atoms with Crippen LogP contribution in [0.2, 0.25) is 0 Å². The summed E-state index contributed by atoms with van der Waals surface area (Å²) in [5, 5.41) is 7.57. The van der Waals surface area contributed by atoms with E-state index in [-0.39, 0.29) is 12.1 Å². The molecule has 1 aliphatic heterocycles. The summed E-state index contributed by atoms with van der Waals surface area (Å²) in [7, 11) is 0. The van der Waals surface area contributed by atoms with Crippen LogP contribution in [0.3, 0.4) is 0 Å².